The molecule has 1 saturated heterocycles. The van der Waals surface area contributed by atoms with Gasteiger partial charge in [-0.3, -0.25) is 4.79 Å². The van der Waals surface area contributed by atoms with Crippen LogP contribution in [0.2, 0.25) is 0 Å². The molecule has 4 nitrogen and oxygen atoms in total. The van der Waals surface area contributed by atoms with Crippen molar-refractivity contribution < 1.29 is 14.3 Å². The number of carbonyl (C=O) groups excluding carboxylic acids is 1. The minimum Gasteiger partial charge on any atom is -0.455 e. The number of rotatable bonds is 4. The highest BCUT2D eigenvalue weighted by Crippen LogP contribution is 2.29. The molecular formula is C18H19NO3. The second-order valence-corrected chi connectivity index (χ2v) is 5.31. The first-order valence-corrected chi connectivity index (χ1v) is 7.53. The van der Waals surface area contributed by atoms with Crippen LogP contribution in [0.1, 0.15) is 12.8 Å². The maximum absolute atomic E-state index is 12.3. The van der Waals surface area contributed by atoms with Gasteiger partial charge in [0.15, 0.2) is 5.75 Å². The molecule has 0 saturated carbocycles. The molecular weight excluding hydrogens is 278 g/mol. The molecule has 0 aromatic heterocycles. The topological polar surface area (TPSA) is 47.6 Å². The first kappa shape index (κ1) is 14.6. The first-order chi connectivity index (χ1) is 10.8. The molecule has 1 heterocycles. The fourth-order valence-electron chi connectivity index (χ4n) is 2.46. The van der Waals surface area contributed by atoms with Gasteiger partial charge in [-0.1, -0.05) is 30.3 Å². The van der Waals surface area contributed by atoms with Crippen LogP contribution < -0.4 is 10.1 Å². The molecule has 0 aliphatic carbocycles. The Labute approximate surface area is 130 Å². The lowest BCUT2D eigenvalue weighted by atomic mass is 10.0. The Balaban J connectivity index is 1.72. The van der Waals surface area contributed by atoms with Gasteiger partial charge in [-0.05, 0) is 37.1 Å². The van der Waals surface area contributed by atoms with Crippen molar-refractivity contribution in [3.63, 3.8) is 0 Å². The fourth-order valence-corrected chi connectivity index (χ4v) is 2.46. The predicted molar refractivity (Wildman–Crippen MR) is 85.1 cm³/mol. The van der Waals surface area contributed by atoms with Gasteiger partial charge in [-0.15, -0.1) is 0 Å². The van der Waals surface area contributed by atoms with Crippen LogP contribution in [0.5, 0.6) is 11.5 Å². The summed E-state index contributed by atoms with van der Waals surface area (Å²) in [5.41, 5.74) is 0.682. The van der Waals surface area contributed by atoms with E-state index in [2.05, 4.69) is 5.32 Å². The zero-order chi connectivity index (χ0) is 15.2. The fraction of sp³-hybridized carbons (Fsp3) is 0.278. The van der Waals surface area contributed by atoms with Crippen molar-refractivity contribution >= 4 is 11.6 Å². The molecule has 0 radical (unpaired) electrons. The Kier molecular flexibility index (Phi) is 4.71. The van der Waals surface area contributed by atoms with Crippen molar-refractivity contribution in [1.82, 2.24) is 0 Å². The van der Waals surface area contributed by atoms with Crippen molar-refractivity contribution in [1.29, 1.82) is 0 Å². The lowest BCUT2D eigenvalue weighted by Crippen LogP contribution is -2.30. The second kappa shape index (κ2) is 7.09. The number of anilines is 1. The molecule has 1 aliphatic rings. The summed E-state index contributed by atoms with van der Waals surface area (Å²) >= 11 is 0. The van der Waals surface area contributed by atoms with Crippen LogP contribution in [0.4, 0.5) is 5.69 Å². The van der Waals surface area contributed by atoms with Crippen LogP contribution in [0.25, 0.3) is 0 Å². The molecule has 1 amide bonds. The van der Waals surface area contributed by atoms with Crippen molar-refractivity contribution in [2.75, 3.05) is 18.5 Å². The van der Waals surface area contributed by atoms with Gasteiger partial charge in [-0.25, -0.2) is 0 Å². The number of amides is 1. The van der Waals surface area contributed by atoms with E-state index in [0.717, 1.165) is 25.2 Å². The van der Waals surface area contributed by atoms with E-state index in [1.807, 2.05) is 54.6 Å². The van der Waals surface area contributed by atoms with Crippen LogP contribution >= 0.6 is 0 Å². The van der Waals surface area contributed by atoms with Gasteiger partial charge in [0.2, 0.25) is 5.91 Å². The average Bonchev–Trinajstić information content (AvgIpc) is 2.58. The lowest BCUT2D eigenvalue weighted by Gasteiger charge is -2.22. The van der Waals surface area contributed by atoms with E-state index in [-0.39, 0.29) is 11.8 Å². The van der Waals surface area contributed by atoms with Gasteiger partial charge in [0.1, 0.15) is 5.75 Å². The van der Waals surface area contributed by atoms with E-state index in [1.165, 1.54) is 0 Å². The van der Waals surface area contributed by atoms with Crippen LogP contribution in [-0.2, 0) is 9.53 Å². The summed E-state index contributed by atoms with van der Waals surface area (Å²) < 4.78 is 11.2. The number of para-hydroxylation sites is 3. The standard InChI is InChI=1S/C18H19NO3/c20-18(14-7-6-12-21-13-14)19-16-10-4-5-11-17(16)22-15-8-2-1-3-9-15/h1-5,8-11,14H,6-7,12-13H2,(H,19,20). The molecule has 3 rings (SSSR count). The Morgan fingerprint density at radius 3 is 2.64 bits per heavy atom. The molecule has 2 aromatic carbocycles. The van der Waals surface area contributed by atoms with Crippen LogP contribution in [0, 0.1) is 5.92 Å². The molecule has 1 fully saturated rings. The van der Waals surface area contributed by atoms with E-state index in [0.29, 0.717) is 18.0 Å². The third kappa shape index (κ3) is 3.65. The number of hydrogen-bond acceptors (Lipinski definition) is 3. The number of ether oxygens (including phenoxy) is 2. The summed E-state index contributed by atoms with van der Waals surface area (Å²) in [6.07, 6.45) is 1.80. The lowest BCUT2D eigenvalue weighted by molar-refractivity contribution is -0.123. The molecule has 2 aromatic rings. The monoisotopic (exact) mass is 297 g/mol. The van der Waals surface area contributed by atoms with Crippen molar-refractivity contribution in [3.05, 3.63) is 54.6 Å². The first-order valence-electron chi connectivity index (χ1n) is 7.53. The Bertz CT molecular complexity index is 621. The van der Waals surface area contributed by atoms with Crippen LogP contribution in [-0.4, -0.2) is 19.1 Å². The van der Waals surface area contributed by atoms with Crippen molar-refractivity contribution in [2.45, 2.75) is 12.8 Å². The largest absolute Gasteiger partial charge is 0.455 e. The van der Waals surface area contributed by atoms with Crippen LogP contribution in [0.15, 0.2) is 54.6 Å². The SMILES string of the molecule is O=C(Nc1ccccc1Oc1ccccc1)C1CCCOC1. The van der Waals surface area contributed by atoms with E-state index >= 15 is 0 Å². The third-order valence-corrected chi connectivity index (χ3v) is 3.65. The average molecular weight is 297 g/mol. The van der Waals surface area contributed by atoms with Gasteiger partial charge in [0, 0.05) is 6.61 Å². The van der Waals surface area contributed by atoms with E-state index in [4.69, 9.17) is 9.47 Å². The molecule has 1 atom stereocenters. The highest BCUT2D eigenvalue weighted by atomic mass is 16.5. The van der Waals surface area contributed by atoms with Gasteiger partial charge in [-0.2, -0.15) is 0 Å². The number of nitrogens with one attached hydrogen (secondary N) is 1. The smallest absolute Gasteiger partial charge is 0.229 e. The summed E-state index contributed by atoms with van der Waals surface area (Å²) in [6, 6.07) is 17.0. The maximum Gasteiger partial charge on any atom is 0.229 e. The summed E-state index contributed by atoms with van der Waals surface area (Å²) in [5, 5.41) is 2.96. The maximum atomic E-state index is 12.3. The van der Waals surface area contributed by atoms with Crippen molar-refractivity contribution in [2.24, 2.45) is 5.92 Å². The summed E-state index contributed by atoms with van der Waals surface area (Å²) in [4.78, 5) is 12.3. The molecule has 0 spiro atoms. The van der Waals surface area contributed by atoms with E-state index in [1.54, 1.807) is 0 Å². The van der Waals surface area contributed by atoms with Gasteiger partial charge in [0.25, 0.3) is 0 Å². The third-order valence-electron chi connectivity index (χ3n) is 3.65. The van der Waals surface area contributed by atoms with Crippen molar-refractivity contribution in [3.8, 4) is 11.5 Å². The molecule has 0 bridgehead atoms. The summed E-state index contributed by atoms with van der Waals surface area (Å²) in [6.45, 7) is 1.24. The predicted octanol–water partition coefficient (Wildman–Crippen LogP) is 3.84. The highest BCUT2D eigenvalue weighted by molar-refractivity contribution is 5.94. The van der Waals surface area contributed by atoms with Gasteiger partial charge in [0.05, 0.1) is 18.2 Å². The normalized spacial score (nSPS) is 17.7. The van der Waals surface area contributed by atoms with E-state index in [9.17, 15) is 4.79 Å². The minimum atomic E-state index is -0.0847. The second-order valence-electron chi connectivity index (χ2n) is 5.31. The quantitative estimate of drug-likeness (QED) is 0.932. The Hall–Kier alpha value is -2.33. The van der Waals surface area contributed by atoms with E-state index < -0.39 is 0 Å². The Morgan fingerprint density at radius 2 is 1.86 bits per heavy atom. The molecule has 1 aliphatic heterocycles. The molecule has 1 unspecified atom stereocenters. The van der Waals surface area contributed by atoms with Gasteiger partial charge < -0.3 is 14.8 Å². The summed E-state index contributed by atoms with van der Waals surface area (Å²) in [7, 11) is 0. The number of carbonyl (C=O) groups is 1. The zero-order valence-corrected chi connectivity index (χ0v) is 12.3. The number of benzene rings is 2. The highest BCUT2D eigenvalue weighted by Gasteiger charge is 2.22. The Morgan fingerprint density at radius 1 is 1.09 bits per heavy atom. The molecule has 22 heavy (non-hydrogen) atoms. The van der Waals surface area contributed by atoms with Gasteiger partial charge >= 0.3 is 0 Å². The molecule has 1 N–H and O–H groups in total. The number of hydrogen-bond donors (Lipinski definition) is 1. The van der Waals surface area contributed by atoms with Crippen LogP contribution in [0.3, 0.4) is 0 Å². The minimum absolute atomic E-state index is 0.0104. The molecule has 4 heteroatoms. The zero-order valence-electron chi connectivity index (χ0n) is 12.3. The summed E-state index contributed by atoms with van der Waals surface area (Å²) in [5.74, 6) is 1.28. The molecule has 114 valence electrons.